The number of fused-ring (bicyclic) bond motifs is 6. The number of thiophene rings is 4. The highest BCUT2D eigenvalue weighted by atomic mass is 127. The molecule has 0 nitrogen and oxygen atoms in total. The van der Waals surface area contributed by atoms with Crippen LogP contribution in [0.15, 0.2) is 57.5 Å². The lowest BCUT2D eigenvalue weighted by Gasteiger charge is -2.04. The van der Waals surface area contributed by atoms with Crippen LogP contribution >= 0.6 is 122 Å². The van der Waals surface area contributed by atoms with Gasteiger partial charge in [-0.25, -0.2) is 0 Å². The van der Waals surface area contributed by atoms with E-state index < -0.39 is 0 Å². The number of aryl methyl sites for hydroxylation is 2. The Morgan fingerprint density at radius 1 is 0.556 bits per heavy atom. The van der Waals surface area contributed by atoms with E-state index in [9.17, 15) is 0 Å². The molecule has 0 radical (unpaired) electrons. The molecular formula is C28H14Br2I2S4. The van der Waals surface area contributed by atoms with Gasteiger partial charge in [-0.1, -0.05) is 35.4 Å². The Morgan fingerprint density at radius 3 is 1.36 bits per heavy atom. The Kier molecular flexibility index (Phi) is 6.40. The van der Waals surface area contributed by atoms with E-state index >= 15 is 0 Å². The van der Waals surface area contributed by atoms with Crippen molar-refractivity contribution in [1.29, 1.82) is 0 Å². The van der Waals surface area contributed by atoms with E-state index in [1.54, 1.807) is 0 Å². The monoisotopic (exact) mass is 890 g/mol. The predicted molar refractivity (Wildman–Crippen MR) is 189 cm³/mol. The number of hydrogen-bond donors (Lipinski definition) is 0. The Hall–Kier alpha value is -0.0800. The molecule has 8 heteroatoms. The van der Waals surface area contributed by atoms with Crippen molar-refractivity contribution < 1.29 is 0 Å². The lowest BCUT2D eigenvalue weighted by Crippen LogP contribution is -1.82. The Bertz CT molecular complexity index is 1880. The molecule has 0 unspecified atom stereocenters. The summed E-state index contributed by atoms with van der Waals surface area (Å²) in [6.07, 6.45) is 0. The normalized spacial score (nSPS) is 12.2. The molecule has 0 N–H and O–H groups in total. The van der Waals surface area contributed by atoms with Crippen LogP contribution < -0.4 is 0 Å². The fraction of sp³-hybridized carbons (Fsp3) is 0.0714. The molecule has 178 valence electrons. The largest absolute Gasteiger partial charge is 0.133 e. The summed E-state index contributed by atoms with van der Waals surface area (Å²) < 4.78 is 13.3. The minimum atomic E-state index is 1.23. The van der Waals surface area contributed by atoms with E-state index in [4.69, 9.17) is 0 Å². The average Bonchev–Trinajstić information content (AvgIpc) is 3.54. The van der Waals surface area contributed by atoms with Gasteiger partial charge in [0.15, 0.2) is 0 Å². The van der Waals surface area contributed by atoms with Gasteiger partial charge in [-0.2, -0.15) is 0 Å². The fourth-order valence-electron chi connectivity index (χ4n) is 4.59. The summed E-state index contributed by atoms with van der Waals surface area (Å²) in [7, 11) is 0. The molecule has 4 heterocycles. The van der Waals surface area contributed by atoms with E-state index in [2.05, 4.69) is 139 Å². The highest BCUT2D eigenvalue weighted by molar-refractivity contribution is 14.1. The molecule has 0 atom stereocenters. The number of benzene rings is 3. The number of hydrogen-bond acceptors (Lipinski definition) is 4. The van der Waals surface area contributed by atoms with Gasteiger partial charge >= 0.3 is 0 Å². The van der Waals surface area contributed by atoms with Gasteiger partial charge in [-0.05, 0) is 115 Å². The van der Waals surface area contributed by atoms with Crippen molar-refractivity contribution in [2.45, 2.75) is 13.8 Å². The minimum absolute atomic E-state index is 1.23. The van der Waals surface area contributed by atoms with Crippen molar-refractivity contribution in [3.63, 3.8) is 0 Å². The SMILES string of the molecule is Cc1ccc(-c2sc3c(sc4cc5c(cc43)sc3c(Br)c(-c4ccc(C)cc4I)sc35)c2Br)c(I)c1. The van der Waals surface area contributed by atoms with Crippen LogP contribution in [0.2, 0.25) is 0 Å². The molecule has 0 saturated carbocycles. The number of rotatable bonds is 2. The molecule has 0 amide bonds. The highest BCUT2D eigenvalue weighted by Gasteiger charge is 2.22. The first kappa shape index (κ1) is 24.9. The molecular weight excluding hydrogens is 878 g/mol. The summed E-state index contributed by atoms with van der Waals surface area (Å²) in [6, 6.07) is 18.3. The van der Waals surface area contributed by atoms with Crippen molar-refractivity contribution in [1.82, 2.24) is 0 Å². The van der Waals surface area contributed by atoms with Gasteiger partial charge < -0.3 is 0 Å². The maximum Gasteiger partial charge on any atom is 0.0612 e. The topological polar surface area (TPSA) is 0 Å². The van der Waals surface area contributed by atoms with Gasteiger partial charge in [0.1, 0.15) is 0 Å². The van der Waals surface area contributed by atoms with Crippen LogP contribution in [0.1, 0.15) is 11.1 Å². The van der Waals surface area contributed by atoms with Crippen molar-refractivity contribution in [3.8, 4) is 20.9 Å². The van der Waals surface area contributed by atoms with Gasteiger partial charge in [0.25, 0.3) is 0 Å². The van der Waals surface area contributed by atoms with Crippen LogP contribution in [0, 0.1) is 21.0 Å². The standard InChI is InChI=1S/C28H14Br2I2S4/c1-11-3-5-13(17(31)7-11)23-21(29)27-25(35-23)15-9-20-16(10-19(15)33-27)26-28(34-20)22(30)24(36-26)14-6-4-12(2)8-18(14)32/h3-10H,1-2H3. The van der Waals surface area contributed by atoms with Gasteiger partial charge in [0.05, 0.1) is 37.5 Å². The van der Waals surface area contributed by atoms with E-state index in [1.807, 2.05) is 45.3 Å². The lowest BCUT2D eigenvalue weighted by atomic mass is 10.1. The third-order valence-electron chi connectivity index (χ3n) is 6.35. The zero-order valence-electron chi connectivity index (χ0n) is 18.8. The molecule has 0 fully saturated rings. The second-order valence-corrected chi connectivity index (χ2v) is 16.9. The van der Waals surface area contributed by atoms with E-state index in [0.29, 0.717) is 0 Å². The third-order valence-corrected chi connectivity index (χ3v) is 15.9. The van der Waals surface area contributed by atoms with Gasteiger partial charge in [0, 0.05) is 38.4 Å². The zero-order chi connectivity index (χ0) is 24.9. The summed E-state index contributed by atoms with van der Waals surface area (Å²) in [5.41, 5.74) is 5.23. The smallest absolute Gasteiger partial charge is 0.0612 e. The molecule has 0 aliphatic heterocycles. The molecule has 4 aromatic heterocycles. The molecule has 36 heavy (non-hydrogen) atoms. The number of halogens is 4. The maximum absolute atomic E-state index is 3.97. The van der Waals surface area contributed by atoms with Crippen LogP contribution in [0.5, 0.6) is 0 Å². The molecule has 3 aromatic carbocycles. The zero-order valence-corrected chi connectivity index (χ0v) is 29.5. The van der Waals surface area contributed by atoms with E-state index in [-0.39, 0.29) is 0 Å². The second kappa shape index (κ2) is 9.25. The maximum atomic E-state index is 3.97. The first-order valence-electron chi connectivity index (χ1n) is 11.0. The van der Waals surface area contributed by atoms with Crippen LogP contribution in [0.4, 0.5) is 0 Å². The van der Waals surface area contributed by atoms with Crippen LogP contribution in [0.3, 0.4) is 0 Å². The van der Waals surface area contributed by atoms with Crippen LogP contribution in [-0.4, -0.2) is 0 Å². The predicted octanol–water partition coefficient (Wildman–Crippen LogP) is 13.2. The third kappa shape index (κ3) is 3.83. The lowest BCUT2D eigenvalue weighted by molar-refractivity contribution is 1.45. The Balaban J connectivity index is 1.43. The first-order chi connectivity index (χ1) is 17.3. The summed E-state index contributed by atoms with van der Waals surface area (Å²) >= 11 is 20.5. The molecule has 0 aliphatic rings. The quantitative estimate of drug-likeness (QED) is 0.152. The van der Waals surface area contributed by atoms with Gasteiger partial charge in [-0.15, -0.1) is 45.3 Å². The Morgan fingerprint density at radius 2 is 0.972 bits per heavy atom. The molecule has 0 saturated heterocycles. The highest BCUT2D eigenvalue weighted by Crippen LogP contribution is 2.54. The van der Waals surface area contributed by atoms with Crippen LogP contribution in [0.25, 0.3) is 59.9 Å². The van der Waals surface area contributed by atoms with Crippen molar-refractivity contribution in [3.05, 3.63) is 75.7 Å². The molecule has 7 rings (SSSR count). The van der Waals surface area contributed by atoms with Crippen molar-refractivity contribution >= 4 is 161 Å². The van der Waals surface area contributed by atoms with E-state index in [0.717, 1.165) is 0 Å². The minimum Gasteiger partial charge on any atom is -0.133 e. The van der Waals surface area contributed by atoms with E-state index in [1.165, 1.54) is 87.1 Å². The summed E-state index contributed by atoms with van der Waals surface area (Å²) in [4.78, 5) is 2.66. The Labute approximate surface area is 268 Å². The van der Waals surface area contributed by atoms with Gasteiger partial charge in [0.2, 0.25) is 0 Å². The summed E-state index contributed by atoms with van der Waals surface area (Å²) in [5.74, 6) is 0. The average molecular weight is 892 g/mol. The molecule has 7 aromatic rings. The fourth-order valence-corrected chi connectivity index (χ4v) is 14.1. The summed E-state index contributed by atoms with van der Waals surface area (Å²) in [6.45, 7) is 4.31. The van der Waals surface area contributed by atoms with Crippen LogP contribution in [-0.2, 0) is 0 Å². The van der Waals surface area contributed by atoms with Gasteiger partial charge in [-0.3, -0.25) is 0 Å². The summed E-state index contributed by atoms with van der Waals surface area (Å²) in [5, 5.41) is 2.75. The molecule has 0 spiro atoms. The molecule has 0 aliphatic carbocycles. The second-order valence-electron chi connectivity index (χ2n) is 8.82. The molecule has 0 bridgehead atoms. The first-order valence-corrected chi connectivity index (χ1v) is 18.0. The van der Waals surface area contributed by atoms with Crippen molar-refractivity contribution in [2.75, 3.05) is 0 Å². The van der Waals surface area contributed by atoms with Crippen molar-refractivity contribution in [2.24, 2.45) is 0 Å².